The smallest absolute Gasteiger partial charge is 0.295 e. The summed E-state index contributed by atoms with van der Waals surface area (Å²) in [6.45, 7) is 9.93. The van der Waals surface area contributed by atoms with Crippen LogP contribution in [0.3, 0.4) is 0 Å². The van der Waals surface area contributed by atoms with Crippen molar-refractivity contribution < 1.29 is 19.4 Å². The van der Waals surface area contributed by atoms with Gasteiger partial charge >= 0.3 is 0 Å². The molecule has 0 aliphatic carbocycles. The van der Waals surface area contributed by atoms with Gasteiger partial charge in [-0.3, -0.25) is 9.59 Å². The number of hydrogen-bond donors (Lipinski definition) is 1. The van der Waals surface area contributed by atoms with Gasteiger partial charge in [-0.2, -0.15) is 0 Å². The molecule has 6 nitrogen and oxygen atoms in total. The highest BCUT2D eigenvalue weighted by molar-refractivity contribution is 6.46. The summed E-state index contributed by atoms with van der Waals surface area (Å²) in [5.41, 5.74) is 1.26. The van der Waals surface area contributed by atoms with Gasteiger partial charge in [0.15, 0.2) is 0 Å². The van der Waals surface area contributed by atoms with Crippen molar-refractivity contribution in [2.24, 2.45) is 0 Å². The third-order valence-corrected chi connectivity index (χ3v) is 6.62. The molecule has 1 atom stereocenters. The van der Waals surface area contributed by atoms with Crippen LogP contribution in [0.25, 0.3) is 5.76 Å². The monoisotopic (exact) mass is 498 g/mol. The average Bonchev–Trinajstić information content (AvgIpc) is 3.12. The van der Waals surface area contributed by atoms with Crippen molar-refractivity contribution in [2.75, 3.05) is 32.8 Å². The summed E-state index contributed by atoms with van der Waals surface area (Å²) in [5.74, 6) is -0.863. The van der Waals surface area contributed by atoms with E-state index in [1.807, 2.05) is 6.07 Å². The fourth-order valence-electron chi connectivity index (χ4n) is 4.33. The fourth-order valence-corrected chi connectivity index (χ4v) is 4.46. The largest absolute Gasteiger partial charge is 0.507 e. The van der Waals surface area contributed by atoms with Crippen molar-refractivity contribution in [2.45, 2.75) is 46.1 Å². The molecule has 1 aliphatic rings. The molecule has 3 rings (SSSR count). The normalized spacial score (nSPS) is 17.4. The van der Waals surface area contributed by atoms with E-state index in [1.165, 1.54) is 0 Å². The average molecular weight is 499 g/mol. The predicted octanol–water partition coefficient (Wildman–Crippen LogP) is 5.67. The predicted molar refractivity (Wildman–Crippen MR) is 140 cm³/mol. The number of aliphatic hydroxyl groups excluding tert-OH is 1. The van der Waals surface area contributed by atoms with Crippen LogP contribution in [0.15, 0.2) is 54.1 Å². The van der Waals surface area contributed by atoms with Crippen LogP contribution >= 0.6 is 11.6 Å². The number of nitrogens with zero attached hydrogens (tertiary/aromatic N) is 2. The van der Waals surface area contributed by atoms with Crippen molar-refractivity contribution in [3.63, 3.8) is 0 Å². The van der Waals surface area contributed by atoms with Gasteiger partial charge in [-0.1, -0.05) is 63.1 Å². The first-order valence-corrected chi connectivity index (χ1v) is 12.8. The second-order valence-electron chi connectivity index (χ2n) is 8.65. The molecule has 7 heteroatoms. The van der Waals surface area contributed by atoms with Gasteiger partial charge in [0, 0.05) is 17.1 Å². The molecule has 2 aromatic carbocycles. The highest BCUT2D eigenvalue weighted by Crippen LogP contribution is 2.40. The van der Waals surface area contributed by atoms with Crippen molar-refractivity contribution in [3.8, 4) is 5.75 Å². The molecule has 0 aromatic heterocycles. The number of ether oxygens (including phenoxy) is 1. The first kappa shape index (κ1) is 26.8. The van der Waals surface area contributed by atoms with Gasteiger partial charge in [-0.05, 0) is 62.3 Å². The molecule has 0 bridgehead atoms. The number of rotatable bonds is 12. The lowest BCUT2D eigenvalue weighted by Gasteiger charge is -2.27. The molecule has 1 unspecified atom stereocenters. The Bertz CT molecular complexity index is 1050. The Morgan fingerprint density at radius 1 is 1.06 bits per heavy atom. The Morgan fingerprint density at radius 2 is 1.77 bits per heavy atom. The molecule has 188 valence electrons. The van der Waals surface area contributed by atoms with Crippen LogP contribution in [0.4, 0.5) is 0 Å². The third-order valence-electron chi connectivity index (χ3n) is 6.37. The minimum atomic E-state index is -0.686. The Hall–Kier alpha value is -2.83. The summed E-state index contributed by atoms with van der Waals surface area (Å²) in [7, 11) is 0. The molecule has 1 saturated heterocycles. The fraction of sp³-hybridized carbons (Fsp3) is 0.429. The van der Waals surface area contributed by atoms with E-state index in [0.29, 0.717) is 29.5 Å². The third kappa shape index (κ3) is 6.44. The number of unbranched alkanes of at least 4 members (excludes halogenated alkanes) is 1. The topological polar surface area (TPSA) is 70.1 Å². The van der Waals surface area contributed by atoms with Crippen molar-refractivity contribution in [3.05, 3.63) is 70.3 Å². The summed E-state index contributed by atoms with van der Waals surface area (Å²) in [5, 5.41) is 11.8. The van der Waals surface area contributed by atoms with Gasteiger partial charge in [0.2, 0.25) is 0 Å². The summed E-state index contributed by atoms with van der Waals surface area (Å²) in [6.07, 6.45) is 2.66. The standard InChI is InChI=1S/C28H35ClN2O4/c1-4-7-18-35-23-11-8-10-21(19-23)26(32)24-25(20-12-14-22(29)15-13-20)31(28(34)27(24)33)17-9-16-30(5-2)6-3/h8,10-15,19,25,32H,4-7,9,16-18H2,1-3H3/b26-24+. The number of halogens is 1. The summed E-state index contributed by atoms with van der Waals surface area (Å²) >= 11 is 6.10. The number of carbonyl (C=O) groups excluding carboxylic acids is 2. The van der Waals surface area contributed by atoms with Crippen LogP contribution in [0, 0.1) is 0 Å². The maximum Gasteiger partial charge on any atom is 0.295 e. The van der Waals surface area contributed by atoms with E-state index >= 15 is 0 Å². The lowest BCUT2D eigenvalue weighted by atomic mass is 9.95. The van der Waals surface area contributed by atoms with Crippen LogP contribution in [0.2, 0.25) is 5.02 Å². The molecule has 1 N–H and O–H groups in total. The number of amides is 1. The number of Topliss-reactive ketones (excluding diaryl/α,β-unsaturated/α-hetero) is 1. The second-order valence-corrected chi connectivity index (χ2v) is 9.09. The van der Waals surface area contributed by atoms with E-state index in [4.69, 9.17) is 16.3 Å². The van der Waals surface area contributed by atoms with E-state index in [0.717, 1.165) is 44.5 Å². The Labute approximate surface area is 213 Å². The lowest BCUT2D eigenvalue weighted by molar-refractivity contribution is -0.140. The van der Waals surface area contributed by atoms with E-state index < -0.39 is 17.7 Å². The maximum atomic E-state index is 13.2. The molecule has 1 amide bonds. The number of carbonyl (C=O) groups is 2. The summed E-state index contributed by atoms with van der Waals surface area (Å²) in [4.78, 5) is 30.2. The Kier molecular flexibility index (Phi) is 9.75. The Balaban J connectivity index is 1.98. The molecule has 2 aromatic rings. The first-order chi connectivity index (χ1) is 16.9. The Morgan fingerprint density at radius 3 is 2.43 bits per heavy atom. The number of hydrogen-bond acceptors (Lipinski definition) is 5. The van der Waals surface area contributed by atoms with Crippen LogP contribution in [-0.2, 0) is 9.59 Å². The minimum Gasteiger partial charge on any atom is -0.507 e. The van der Waals surface area contributed by atoms with Gasteiger partial charge in [-0.15, -0.1) is 0 Å². The lowest BCUT2D eigenvalue weighted by Crippen LogP contribution is -2.33. The highest BCUT2D eigenvalue weighted by Gasteiger charge is 2.45. The number of ketones is 1. The van der Waals surface area contributed by atoms with Crippen LogP contribution < -0.4 is 4.74 Å². The van der Waals surface area contributed by atoms with Crippen LogP contribution in [-0.4, -0.2) is 59.4 Å². The van der Waals surface area contributed by atoms with E-state index in [9.17, 15) is 14.7 Å². The zero-order valence-electron chi connectivity index (χ0n) is 20.8. The van der Waals surface area contributed by atoms with Crippen molar-refractivity contribution >= 4 is 29.1 Å². The quantitative estimate of drug-likeness (QED) is 0.177. The molecule has 0 saturated carbocycles. The molecule has 0 radical (unpaired) electrons. The highest BCUT2D eigenvalue weighted by atomic mass is 35.5. The van der Waals surface area contributed by atoms with E-state index in [2.05, 4.69) is 25.7 Å². The first-order valence-electron chi connectivity index (χ1n) is 12.4. The molecule has 35 heavy (non-hydrogen) atoms. The molecule has 0 spiro atoms. The summed E-state index contributed by atoms with van der Waals surface area (Å²) < 4.78 is 5.78. The van der Waals surface area contributed by atoms with Crippen molar-refractivity contribution in [1.82, 2.24) is 9.80 Å². The van der Waals surface area contributed by atoms with Gasteiger partial charge in [0.1, 0.15) is 11.5 Å². The second kappa shape index (κ2) is 12.8. The zero-order valence-corrected chi connectivity index (χ0v) is 21.6. The SMILES string of the molecule is CCCCOc1cccc(/C(O)=C2\C(=O)C(=O)N(CCCN(CC)CC)C2c2ccc(Cl)cc2)c1. The van der Waals surface area contributed by atoms with Crippen LogP contribution in [0.5, 0.6) is 5.75 Å². The van der Waals surface area contributed by atoms with E-state index in [1.54, 1.807) is 47.4 Å². The van der Waals surface area contributed by atoms with Gasteiger partial charge in [-0.25, -0.2) is 0 Å². The van der Waals surface area contributed by atoms with Gasteiger partial charge in [0.05, 0.1) is 18.2 Å². The minimum absolute atomic E-state index is 0.0888. The van der Waals surface area contributed by atoms with E-state index in [-0.39, 0.29) is 11.3 Å². The molecular formula is C28H35ClN2O4. The molecule has 1 fully saturated rings. The molecule has 1 heterocycles. The number of likely N-dealkylation sites (tertiary alicyclic amines) is 1. The zero-order chi connectivity index (χ0) is 25.4. The molecular weight excluding hydrogens is 464 g/mol. The molecule has 1 aliphatic heterocycles. The summed E-state index contributed by atoms with van der Waals surface area (Å²) in [6, 6.07) is 13.4. The number of benzene rings is 2. The maximum absolute atomic E-state index is 13.2. The number of aliphatic hydroxyl groups is 1. The van der Waals surface area contributed by atoms with Gasteiger partial charge in [0.25, 0.3) is 11.7 Å². The van der Waals surface area contributed by atoms with Gasteiger partial charge < -0.3 is 19.6 Å². The van der Waals surface area contributed by atoms with Crippen LogP contribution in [0.1, 0.15) is 57.2 Å². The van der Waals surface area contributed by atoms with Crippen molar-refractivity contribution in [1.29, 1.82) is 0 Å².